The van der Waals surface area contributed by atoms with Gasteiger partial charge in [-0.25, -0.2) is 0 Å². The molecule has 242 valence electrons. The van der Waals surface area contributed by atoms with Crippen LogP contribution in [0.3, 0.4) is 0 Å². The number of ether oxygens (including phenoxy) is 2. The van der Waals surface area contributed by atoms with Crippen molar-refractivity contribution in [2.24, 2.45) is 0 Å². The third kappa shape index (κ3) is 30.8. The number of allylic oxidation sites excluding steroid dienone is 8. The number of aliphatic hydroxyl groups excluding tert-OH is 1. The second kappa shape index (κ2) is 33.4. The lowest BCUT2D eigenvalue weighted by atomic mass is 10.0. The molecule has 0 rings (SSSR count). The molecule has 42 heavy (non-hydrogen) atoms. The summed E-state index contributed by atoms with van der Waals surface area (Å²) < 4.78 is 10.5. The summed E-state index contributed by atoms with van der Waals surface area (Å²) in [7, 11) is 0. The number of hydrogen-bond donors (Lipinski definition) is 1. The van der Waals surface area contributed by atoms with Gasteiger partial charge in [0.2, 0.25) is 0 Å². The van der Waals surface area contributed by atoms with Crippen LogP contribution in [-0.2, 0) is 19.1 Å². The molecular weight excluding hydrogens is 524 g/mol. The van der Waals surface area contributed by atoms with Gasteiger partial charge in [-0.2, -0.15) is 0 Å². The molecule has 0 aliphatic carbocycles. The van der Waals surface area contributed by atoms with Gasteiger partial charge in [0.1, 0.15) is 6.61 Å². The number of carbonyl (C=O) groups is 2. The van der Waals surface area contributed by atoms with Gasteiger partial charge in [0.25, 0.3) is 0 Å². The Morgan fingerprint density at radius 2 is 1.02 bits per heavy atom. The monoisotopic (exact) mass is 588 g/mol. The fourth-order valence-corrected chi connectivity index (χ4v) is 4.54. The minimum atomic E-state index is -0.789. The lowest BCUT2D eigenvalue weighted by Crippen LogP contribution is -2.28. The van der Waals surface area contributed by atoms with Crippen LogP contribution < -0.4 is 0 Å². The Bertz CT molecular complexity index is 722. The molecule has 0 aliphatic rings. The average Bonchev–Trinajstić information content (AvgIpc) is 2.99. The molecule has 0 aromatic carbocycles. The third-order valence-corrected chi connectivity index (χ3v) is 7.14. The molecule has 5 heteroatoms. The molecule has 0 bridgehead atoms. The Kier molecular flexibility index (Phi) is 31.7. The zero-order chi connectivity index (χ0) is 30.8. The lowest BCUT2D eigenvalue weighted by molar-refractivity contribution is -0.161. The van der Waals surface area contributed by atoms with Crippen LogP contribution in [0.5, 0.6) is 0 Å². The van der Waals surface area contributed by atoms with Crippen molar-refractivity contribution in [1.29, 1.82) is 0 Å². The van der Waals surface area contributed by atoms with E-state index in [0.717, 1.165) is 64.2 Å². The van der Waals surface area contributed by atoms with Crippen LogP contribution in [0.15, 0.2) is 48.6 Å². The SMILES string of the molecule is CCC=CCC=CCC=CCC=CCCCCC(=O)OC(CO)COC(=O)CCCCCCCCCCCCCCC. The minimum absolute atomic E-state index is 0.0819. The quantitative estimate of drug-likeness (QED) is 0.0513. The van der Waals surface area contributed by atoms with Crippen molar-refractivity contribution in [1.82, 2.24) is 0 Å². The van der Waals surface area contributed by atoms with Crippen LogP contribution in [0.25, 0.3) is 0 Å². The molecule has 0 saturated carbocycles. The Balaban J connectivity index is 3.67. The number of rotatable bonds is 30. The van der Waals surface area contributed by atoms with E-state index in [0.29, 0.717) is 12.8 Å². The Labute approximate surface area is 258 Å². The molecular formula is C37H64O5. The molecule has 1 atom stereocenters. The largest absolute Gasteiger partial charge is 0.462 e. The first kappa shape index (κ1) is 39.9. The molecule has 0 saturated heterocycles. The van der Waals surface area contributed by atoms with E-state index in [4.69, 9.17) is 9.47 Å². The van der Waals surface area contributed by atoms with E-state index < -0.39 is 6.10 Å². The van der Waals surface area contributed by atoms with Gasteiger partial charge in [0.05, 0.1) is 6.61 Å². The lowest BCUT2D eigenvalue weighted by Gasteiger charge is -2.15. The van der Waals surface area contributed by atoms with E-state index in [1.807, 2.05) is 0 Å². The van der Waals surface area contributed by atoms with Crippen LogP contribution in [-0.4, -0.2) is 36.4 Å². The predicted molar refractivity (Wildman–Crippen MR) is 177 cm³/mol. The maximum atomic E-state index is 12.1. The highest BCUT2D eigenvalue weighted by molar-refractivity contribution is 5.70. The number of carbonyl (C=O) groups excluding carboxylic acids is 2. The molecule has 1 N–H and O–H groups in total. The summed E-state index contributed by atoms with van der Waals surface area (Å²) in [6, 6.07) is 0. The summed E-state index contributed by atoms with van der Waals surface area (Å²) in [5.74, 6) is -0.641. The smallest absolute Gasteiger partial charge is 0.306 e. The van der Waals surface area contributed by atoms with Gasteiger partial charge in [-0.1, -0.05) is 140 Å². The van der Waals surface area contributed by atoms with Crippen molar-refractivity contribution < 1.29 is 24.2 Å². The first-order valence-electron chi connectivity index (χ1n) is 17.2. The van der Waals surface area contributed by atoms with Crippen LogP contribution in [0.1, 0.15) is 155 Å². The van der Waals surface area contributed by atoms with Gasteiger partial charge in [0, 0.05) is 12.8 Å². The van der Waals surface area contributed by atoms with Crippen molar-refractivity contribution in [3.63, 3.8) is 0 Å². The fourth-order valence-electron chi connectivity index (χ4n) is 4.54. The van der Waals surface area contributed by atoms with Crippen LogP contribution in [0.4, 0.5) is 0 Å². The number of hydrogen-bond acceptors (Lipinski definition) is 5. The molecule has 0 amide bonds. The second-order valence-electron chi connectivity index (χ2n) is 11.2. The summed E-state index contributed by atoms with van der Waals surface area (Å²) in [5.41, 5.74) is 0. The number of unbranched alkanes of at least 4 members (excludes halogenated alkanes) is 14. The minimum Gasteiger partial charge on any atom is -0.462 e. The van der Waals surface area contributed by atoms with Gasteiger partial charge >= 0.3 is 11.9 Å². The highest BCUT2D eigenvalue weighted by Crippen LogP contribution is 2.13. The van der Waals surface area contributed by atoms with E-state index in [1.54, 1.807) is 0 Å². The van der Waals surface area contributed by atoms with Crippen molar-refractivity contribution in [3.05, 3.63) is 48.6 Å². The standard InChI is InChI=1S/C37H64O5/c1-3-5-7-9-11-13-15-17-18-20-22-24-26-28-30-32-37(40)42-35(33-38)34-41-36(39)31-29-27-25-23-21-19-16-14-12-10-8-6-4-2/h5,7,11,13,17-18,22,24,35,38H,3-4,6,8-10,12,14-16,19-21,23,25-34H2,1-2H3. The van der Waals surface area contributed by atoms with Crippen LogP contribution >= 0.6 is 0 Å². The van der Waals surface area contributed by atoms with E-state index in [9.17, 15) is 14.7 Å². The van der Waals surface area contributed by atoms with Crippen LogP contribution in [0.2, 0.25) is 0 Å². The van der Waals surface area contributed by atoms with Gasteiger partial charge in [-0.05, 0) is 51.4 Å². The maximum absolute atomic E-state index is 12.1. The molecule has 1 unspecified atom stereocenters. The van der Waals surface area contributed by atoms with E-state index >= 15 is 0 Å². The summed E-state index contributed by atoms with van der Waals surface area (Å²) in [6.07, 6.45) is 40.2. The third-order valence-electron chi connectivity index (χ3n) is 7.14. The second-order valence-corrected chi connectivity index (χ2v) is 11.2. The molecule has 0 spiro atoms. The number of aliphatic hydroxyl groups is 1. The van der Waals surface area contributed by atoms with Gasteiger partial charge in [-0.15, -0.1) is 0 Å². The average molecular weight is 589 g/mol. The Morgan fingerprint density at radius 3 is 1.55 bits per heavy atom. The van der Waals surface area contributed by atoms with Crippen molar-refractivity contribution in [2.75, 3.05) is 13.2 Å². The van der Waals surface area contributed by atoms with Crippen molar-refractivity contribution in [3.8, 4) is 0 Å². The first-order valence-corrected chi connectivity index (χ1v) is 17.2. The molecule has 0 aromatic heterocycles. The van der Waals surface area contributed by atoms with Crippen LogP contribution in [0, 0.1) is 0 Å². The van der Waals surface area contributed by atoms with E-state index in [-0.39, 0.29) is 25.2 Å². The number of esters is 2. The maximum Gasteiger partial charge on any atom is 0.306 e. The predicted octanol–water partition coefficient (Wildman–Crippen LogP) is 10.3. The summed E-state index contributed by atoms with van der Waals surface area (Å²) in [6.45, 7) is 3.97. The highest BCUT2D eigenvalue weighted by Gasteiger charge is 2.16. The summed E-state index contributed by atoms with van der Waals surface area (Å²) in [4.78, 5) is 24.1. The highest BCUT2D eigenvalue weighted by atomic mass is 16.6. The Morgan fingerprint density at radius 1 is 0.571 bits per heavy atom. The van der Waals surface area contributed by atoms with Gasteiger partial charge < -0.3 is 14.6 Å². The van der Waals surface area contributed by atoms with E-state index in [1.165, 1.54) is 64.2 Å². The molecule has 0 fully saturated rings. The van der Waals surface area contributed by atoms with E-state index in [2.05, 4.69) is 62.5 Å². The van der Waals surface area contributed by atoms with Gasteiger partial charge in [-0.3, -0.25) is 9.59 Å². The normalized spacial score (nSPS) is 12.7. The zero-order valence-corrected chi connectivity index (χ0v) is 27.2. The summed E-state index contributed by atoms with van der Waals surface area (Å²) in [5, 5.41) is 9.50. The van der Waals surface area contributed by atoms with Crippen molar-refractivity contribution >= 4 is 11.9 Å². The fraction of sp³-hybridized carbons (Fsp3) is 0.730. The molecule has 0 aromatic rings. The zero-order valence-electron chi connectivity index (χ0n) is 27.2. The Hall–Kier alpha value is -2.14. The molecule has 0 aliphatic heterocycles. The topological polar surface area (TPSA) is 72.8 Å². The molecule has 0 radical (unpaired) electrons. The van der Waals surface area contributed by atoms with Crippen molar-refractivity contribution in [2.45, 2.75) is 161 Å². The first-order chi connectivity index (χ1) is 20.6. The van der Waals surface area contributed by atoms with Gasteiger partial charge in [0.15, 0.2) is 6.10 Å². The molecule has 0 heterocycles. The molecule has 5 nitrogen and oxygen atoms in total. The summed E-state index contributed by atoms with van der Waals surface area (Å²) >= 11 is 0.